The zero-order valence-electron chi connectivity index (χ0n) is 12.3. The molecule has 0 spiro atoms. The molecule has 0 atom stereocenters. The lowest BCUT2D eigenvalue weighted by molar-refractivity contribution is 0.0728. The van der Waals surface area contributed by atoms with E-state index in [1.165, 1.54) is 12.4 Å². The quantitative estimate of drug-likeness (QED) is 0.544. The van der Waals surface area contributed by atoms with Crippen LogP contribution in [0.4, 0.5) is 0 Å². The topological polar surface area (TPSA) is 74.2 Å². The van der Waals surface area contributed by atoms with E-state index < -0.39 is 5.97 Å². The normalized spacial score (nSPS) is 10.1. The summed E-state index contributed by atoms with van der Waals surface area (Å²) >= 11 is 0. The van der Waals surface area contributed by atoms with Crippen molar-refractivity contribution in [2.75, 3.05) is 0 Å². The summed E-state index contributed by atoms with van der Waals surface area (Å²) in [6.45, 7) is 1.79. The van der Waals surface area contributed by atoms with E-state index >= 15 is 0 Å². The molecule has 6 nitrogen and oxygen atoms in total. The summed E-state index contributed by atoms with van der Waals surface area (Å²) in [6, 6.07) is 12.1. The Morgan fingerprint density at radius 2 is 1.70 bits per heavy atom. The Hall–Kier alpha value is -3.28. The van der Waals surface area contributed by atoms with E-state index in [4.69, 9.17) is 9.47 Å². The minimum absolute atomic E-state index is 0.157. The number of rotatable bonds is 4. The number of ether oxygens (including phenoxy) is 2. The van der Waals surface area contributed by atoms with Gasteiger partial charge in [-0.2, -0.15) is 0 Å². The number of carbonyl (C=O) groups is 1. The molecule has 0 aliphatic rings. The fraction of sp³-hybridized carbons (Fsp3) is 0.0588. The monoisotopic (exact) mass is 307 g/mol. The minimum atomic E-state index is -0.559. The SMILES string of the molecule is Cc1cnc(C(=O)Oc2ccc(Oc3ccccn3)cc2)cn1. The van der Waals surface area contributed by atoms with Crippen molar-refractivity contribution in [3.05, 3.63) is 72.4 Å². The van der Waals surface area contributed by atoms with Crippen LogP contribution < -0.4 is 9.47 Å². The van der Waals surface area contributed by atoms with Gasteiger partial charge < -0.3 is 9.47 Å². The third-order valence-corrected chi connectivity index (χ3v) is 2.88. The van der Waals surface area contributed by atoms with E-state index in [-0.39, 0.29) is 5.69 Å². The van der Waals surface area contributed by atoms with Gasteiger partial charge in [0.05, 0.1) is 11.9 Å². The number of hydrogen-bond acceptors (Lipinski definition) is 6. The first-order chi connectivity index (χ1) is 11.2. The molecule has 23 heavy (non-hydrogen) atoms. The van der Waals surface area contributed by atoms with Crippen LogP contribution in [0.2, 0.25) is 0 Å². The van der Waals surface area contributed by atoms with E-state index in [0.29, 0.717) is 17.4 Å². The van der Waals surface area contributed by atoms with Gasteiger partial charge in [-0.1, -0.05) is 6.07 Å². The van der Waals surface area contributed by atoms with Crippen LogP contribution in [0.25, 0.3) is 0 Å². The molecule has 0 bridgehead atoms. The van der Waals surface area contributed by atoms with Crippen molar-refractivity contribution in [2.45, 2.75) is 6.92 Å². The maximum absolute atomic E-state index is 11.9. The van der Waals surface area contributed by atoms with E-state index in [2.05, 4.69) is 15.0 Å². The average molecular weight is 307 g/mol. The second-order valence-electron chi connectivity index (χ2n) is 4.67. The number of aryl methyl sites for hydroxylation is 1. The molecule has 1 aromatic carbocycles. The zero-order valence-corrected chi connectivity index (χ0v) is 12.3. The lowest BCUT2D eigenvalue weighted by Crippen LogP contribution is -2.11. The van der Waals surface area contributed by atoms with Gasteiger partial charge in [0.2, 0.25) is 5.88 Å². The Morgan fingerprint density at radius 3 is 2.35 bits per heavy atom. The van der Waals surface area contributed by atoms with Crippen molar-refractivity contribution in [3.8, 4) is 17.4 Å². The van der Waals surface area contributed by atoms with Gasteiger partial charge in [-0.05, 0) is 37.3 Å². The van der Waals surface area contributed by atoms with Crippen LogP contribution in [-0.2, 0) is 0 Å². The van der Waals surface area contributed by atoms with Crippen LogP contribution in [0.5, 0.6) is 17.4 Å². The maximum atomic E-state index is 11.9. The molecule has 0 saturated heterocycles. The number of pyridine rings is 1. The number of esters is 1. The smallest absolute Gasteiger partial charge is 0.363 e. The van der Waals surface area contributed by atoms with E-state index in [1.54, 1.807) is 43.5 Å². The Kier molecular flexibility index (Phi) is 4.24. The van der Waals surface area contributed by atoms with Gasteiger partial charge in [0.15, 0.2) is 5.69 Å². The molecule has 0 radical (unpaired) electrons. The number of nitrogens with zero attached hydrogens (tertiary/aromatic N) is 3. The standard InChI is InChI=1S/C17H13N3O3/c1-12-10-20-15(11-19-12)17(21)23-14-7-5-13(6-8-14)22-16-4-2-3-9-18-16/h2-11H,1H3. The first kappa shape index (κ1) is 14.6. The van der Waals surface area contributed by atoms with Crippen molar-refractivity contribution < 1.29 is 14.3 Å². The lowest BCUT2D eigenvalue weighted by Gasteiger charge is -2.06. The molecule has 0 fully saturated rings. The van der Waals surface area contributed by atoms with Gasteiger partial charge in [-0.25, -0.2) is 14.8 Å². The first-order valence-corrected chi connectivity index (χ1v) is 6.90. The second kappa shape index (κ2) is 6.65. The highest BCUT2D eigenvalue weighted by Gasteiger charge is 2.10. The molecule has 6 heteroatoms. The third-order valence-electron chi connectivity index (χ3n) is 2.88. The summed E-state index contributed by atoms with van der Waals surface area (Å²) < 4.78 is 10.8. The summed E-state index contributed by atoms with van der Waals surface area (Å²) in [5, 5.41) is 0. The van der Waals surface area contributed by atoms with Gasteiger partial charge in [0.1, 0.15) is 11.5 Å². The lowest BCUT2D eigenvalue weighted by atomic mass is 10.3. The van der Waals surface area contributed by atoms with Gasteiger partial charge >= 0.3 is 5.97 Å². The first-order valence-electron chi connectivity index (χ1n) is 6.90. The Labute approximate surface area is 132 Å². The number of aromatic nitrogens is 3. The molecule has 2 heterocycles. The van der Waals surface area contributed by atoms with Crippen LogP contribution in [0, 0.1) is 6.92 Å². The summed E-state index contributed by atoms with van der Waals surface area (Å²) in [5.41, 5.74) is 0.891. The van der Waals surface area contributed by atoms with Crippen LogP contribution >= 0.6 is 0 Å². The molecular formula is C17H13N3O3. The van der Waals surface area contributed by atoms with Crippen molar-refractivity contribution in [1.29, 1.82) is 0 Å². The molecule has 0 amide bonds. The molecule has 3 rings (SSSR count). The van der Waals surface area contributed by atoms with Crippen molar-refractivity contribution in [3.63, 3.8) is 0 Å². The highest BCUT2D eigenvalue weighted by atomic mass is 16.5. The highest BCUT2D eigenvalue weighted by molar-refractivity contribution is 5.88. The fourth-order valence-electron chi connectivity index (χ4n) is 1.76. The van der Waals surface area contributed by atoms with Gasteiger partial charge in [0.25, 0.3) is 0 Å². The van der Waals surface area contributed by atoms with Crippen LogP contribution in [0.15, 0.2) is 61.1 Å². The van der Waals surface area contributed by atoms with E-state index in [1.807, 2.05) is 12.1 Å². The van der Waals surface area contributed by atoms with Crippen molar-refractivity contribution in [2.24, 2.45) is 0 Å². The Bertz CT molecular complexity index is 788. The average Bonchev–Trinajstić information content (AvgIpc) is 2.58. The minimum Gasteiger partial charge on any atom is -0.439 e. The molecular weight excluding hydrogens is 294 g/mol. The number of carbonyl (C=O) groups excluding carboxylic acids is 1. The van der Waals surface area contributed by atoms with Crippen LogP contribution in [0.1, 0.15) is 16.2 Å². The molecule has 0 saturated carbocycles. The molecule has 3 aromatic rings. The van der Waals surface area contributed by atoms with Crippen LogP contribution in [-0.4, -0.2) is 20.9 Å². The van der Waals surface area contributed by atoms with Gasteiger partial charge in [-0.3, -0.25) is 4.98 Å². The van der Waals surface area contributed by atoms with Crippen LogP contribution in [0.3, 0.4) is 0 Å². The molecule has 114 valence electrons. The third kappa shape index (κ3) is 3.88. The summed E-state index contributed by atoms with van der Waals surface area (Å²) in [6.07, 6.45) is 4.55. The van der Waals surface area contributed by atoms with E-state index in [0.717, 1.165) is 5.69 Å². The molecule has 0 N–H and O–H groups in total. The predicted molar refractivity (Wildman–Crippen MR) is 82.5 cm³/mol. The Morgan fingerprint density at radius 1 is 0.913 bits per heavy atom. The Balaban J connectivity index is 1.65. The number of benzene rings is 1. The van der Waals surface area contributed by atoms with Gasteiger partial charge in [-0.15, -0.1) is 0 Å². The van der Waals surface area contributed by atoms with Gasteiger partial charge in [0, 0.05) is 18.5 Å². The summed E-state index contributed by atoms with van der Waals surface area (Å²) in [5.74, 6) is 0.924. The zero-order chi connectivity index (χ0) is 16.1. The van der Waals surface area contributed by atoms with Crippen molar-refractivity contribution >= 4 is 5.97 Å². The molecule has 0 aliphatic carbocycles. The predicted octanol–water partition coefficient (Wildman–Crippen LogP) is 3.19. The fourth-order valence-corrected chi connectivity index (χ4v) is 1.76. The summed E-state index contributed by atoms with van der Waals surface area (Å²) in [7, 11) is 0. The van der Waals surface area contributed by atoms with E-state index in [9.17, 15) is 4.79 Å². The molecule has 0 aliphatic heterocycles. The summed E-state index contributed by atoms with van der Waals surface area (Å²) in [4.78, 5) is 24.0. The molecule has 2 aromatic heterocycles. The maximum Gasteiger partial charge on any atom is 0.363 e. The molecule has 0 unspecified atom stereocenters. The van der Waals surface area contributed by atoms with Crippen molar-refractivity contribution in [1.82, 2.24) is 15.0 Å². The largest absolute Gasteiger partial charge is 0.439 e. The highest BCUT2D eigenvalue weighted by Crippen LogP contribution is 2.22. The second-order valence-corrected chi connectivity index (χ2v) is 4.67. The number of hydrogen-bond donors (Lipinski definition) is 0.